The van der Waals surface area contributed by atoms with Crippen LogP contribution in [-0.4, -0.2) is 42.9 Å². The van der Waals surface area contributed by atoms with E-state index in [-0.39, 0.29) is 5.41 Å². The molecule has 1 spiro atoms. The van der Waals surface area contributed by atoms with E-state index in [1.165, 1.54) is 24.0 Å². The fourth-order valence-corrected chi connectivity index (χ4v) is 8.48. The number of amides is 1. The van der Waals surface area contributed by atoms with Crippen molar-refractivity contribution in [3.63, 3.8) is 0 Å². The first-order chi connectivity index (χ1) is 14.5. The summed E-state index contributed by atoms with van der Waals surface area (Å²) in [4.78, 5) is 18.1. The van der Waals surface area contributed by atoms with Gasteiger partial charge >= 0.3 is 0 Å². The molecule has 6 rings (SSSR count). The Morgan fingerprint density at radius 2 is 1.60 bits per heavy atom. The Labute approximate surface area is 180 Å². The number of hydrogen-bond acceptors (Lipinski definition) is 2. The van der Waals surface area contributed by atoms with Crippen LogP contribution < -0.4 is 0 Å². The van der Waals surface area contributed by atoms with Gasteiger partial charge in [-0.2, -0.15) is 0 Å². The topological polar surface area (TPSA) is 23.6 Å². The summed E-state index contributed by atoms with van der Waals surface area (Å²) in [6.45, 7) is 2.66. The normalized spacial score (nSPS) is 37.0. The number of likely N-dealkylation sites (N-methyl/N-ethyl adjacent to an activating group) is 2. The van der Waals surface area contributed by atoms with Crippen LogP contribution in [0.5, 0.6) is 0 Å². The van der Waals surface area contributed by atoms with Gasteiger partial charge in [-0.15, -0.1) is 0 Å². The highest BCUT2D eigenvalue weighted by Gasteiger charge is 2.95. The van der Waals surface area contributed by atoms with Crippen LogP contribution in [0.3, 0.4) is 0 Å². The molecule has 0 aromatic heterocycles. The van der Waals surface area contributed by atoms with Crippen molar-refractivity contribution in [2.75, 3.05) is 27.2 Å². The molecule has 30 heavy (non-hydrogen) atoms. The second-order valence-electron chi connectivity index (χ2n) is 10.6. The Kier molecular flexibility index (Phi) is 3.85. The maximum atomic E-state index is 13.7. The SMILES string of the molecule is CN(CCN(C)C(=O)C12CC3CC4CC(c5ccccc5)(C1)C342)Cc1ccccc1. The van der Waals surface area contributed by atoms with Gasteiger partial charge in [0.2, 0.25) is 5.91 Å². The molecule has 0 radical (unpaired) electrons. The molecule has 2 aromatic rings. The van der Waals surface area contributed by atoms with E-state index in [1.54, 1.807) is 0 Å². The summed E-state index contributed by atoms with van der Waals surface area (Å²) < 4.78 is 0. The van der Waals surface area contributed by atoms with Crippen LogP contribution in [0, 0.1) is 22.7 Å². The summed E-state index contributed by atoms with van der Waals surface area (Å²) in [6, 6.07) is 21.7. The molecule has 5 unspecified atom stereocenters. The summed E-state index contributed by atoms with van der Waals surface area (Å²) in [5, 5.41) is 0. The van der Waals surface area contributed by atoms with Crippen molar-refractivity contribution in [3.8, 4) is 0 Å². The van der Waals surface area contributed by atoms with Gasteiger partial charge in [0.25, 0.3) is 0 Å². The van der Waals surface area contributed by atoms with Crippen molar-refractivity contribution < 1.29 is 4.79 Å². The lowest BCUT2D eigenvalue weighted by atomic mass is 9.07. The van der Waals surface area contributed by atoms with Crippen LogP contribution in [0.25, 0.3) is 0 Å². The van der Waals surface area contributed by atoms with Gasteiger partial charge in [-0.1, -0.05) is 60.7 Å². The van der Waals surface area contributed by atoms with Gasteiger partial charge in [-0.05, 0) is 55.7 Å². The lowest BCUT2D eigenvalue weighted by Gasteiger charge is -2.95. The van der Waals surface area contributed by atoms with E-state index in [1.807, 2.05) is 7.05 Å². The van der Waals surface area contributed by atoms with Crippen molar-refractivity contribution in [2.24, 2.45) is 22.7 Å². The van der Waals surface area contributed by atoms with Crippen molar-refractivity contribution in [1.82, 2.24) is 9.80 Å². The van der Waals surface area contributed by atoms with Gasteiger partial charge in [0.1, 0.15) is 0 Å². The molecule has 0 bridgehead atoms. The summed E-state index contributed by atoms with van der Waals surface area (Å²) in [5.74, 6) is 2.02. The van der Waals surface area contributed by atoms with E-state index in [9.17, 15) is 4.79 Å². The number of carbonyl (C=O) groups excluding carboxylic acids is 1. The van der Waals surface area contributed by atoms with Gasteiger partial charge in [0.15, 0.2) is 0 Å². The quantitative estimate of drug-likeness (QED) is 0.690. The summed E-state index contributed by atoms with van der Waals surface area (Å²) in [5.41, 5.74) is 3.39. The molecule has 2 aromatic carbocycles. The van der Waals surface area contributed by atoms with Gasteiger partial charge in [-0.3, -0.25) is 4.79 Å². The van der Waals surface area contributed by atoms with E-state index in [0.717, 1.165) is 44.3 Å². The predicted molar refractivity (Wildman–Crippen MR) is 119 cm³/mol. The summed E-state index contributed by atoms with van der Waals surface area (Å²) >= 11 is 0. The summed E-state index contributed by atoms with van der Waals surface area (Å²) in [7, 11) is 4.19. The Morgan fingerprint density at radius 1 is 0.933 bits per heavy atom. The zero-order chi connectivity index (χ0) is 20.6. The zero-order valence-corrected chi connectivity index (χ0v) is 18.2. The Balaban J connectivity index is 1.14. The number of rotatable bonds is 7. The van der Waals surface area contributed by atoms with E-state index >= 15 is 0 Å². The standard InChI is InChI=1S/C27H32N2O/c1-28(18-20-9-5-3-6-10-20)13-14-29(2)24(30)26-17-23-15-22-16-25(19-26,27(22,23)26)21-11-7-4-8-12-21/h3-12,22-23H,13-19H2,1-2H3. The Bertz CT molecular complexity index is 969. The zero-order valence-electron chi connectivity index (χ0n) is 18.2. The minimum absolute atomic E-state index is 0.0541. The Hall–Kier alpha value is -2.13. The average Bonchev–Trinajstić information content (AvgIpc) is 2.71. The average molecular weight is 401 g/mol. The molecule has 156 valence electrons. The number of hydrogen-bond donors (Lipinski definition) is 0. The maximum Gasteiger partial charge on any atom is 0.229 e. The van der Waals surface area contributed by atoms with Crippen LogP contribution in [0.15, 0.2) is 60.7 Å². The van der Waals surface area contributed by atoms with E-state index in [4.69, 9.17) is 0 Å². The first kappa shape index (κ1) is 18.6. The third-order valence-corrected chi connectivity index (χ3v) is 9.43. The van der Waals surface area contributed by atoms with Crippen molar-refractivity contribution in [3.05, 3.63) is 71.8 Å². The molecule has 0 N–H and O–H groups in total. The molecule has 5 atom stereocenters. The van der Waals surface area contributed by atoms with Gasteiger partial charge < -0.3 is 9.80 Å². The molecule has 4 aliphatic rings. The lowest BCUT2D eigenvalue weighted by molar-refractivity contribution is -0.432. The van der Waals surface area contributed by atoms with Crippen LogP contribution in [0.1, 0.15) is 36.8 Å². The molecule has 0 heterocycles. The lowest BCUT2D eigenvalue weighted by Crippen LogP contribution is -2.94. The van der Waals surface area contributed by atoms with Crippen LogP contribution in [0.2, 0.25) is 0 Å². The van der Waals surface area contributed by atoms with Crippen LogP contribution in [0.4, 0.5) is 0 Å². The second-order valence-corrected chi connectivity index (χ2v) is 10.6. The van der Waals surface area contributed by atoms with Gasteiger partial charge in [-0.25, -0.2) is 0 Å². The second kappa shape index (κ2) is 6.20. The monoisotopic (exact) mass is 400 g/mol. The first-order valence-electron chi connectivity index (χ1n) is 11.6. The van der Waals surface area contributed by atoms with Crippen molar-refractivity contribution >= 4 is 5.91 Å². The molecule has 3 heteroatoms. The van der Waals surface area contributed by atoms with Crippen LogP contribution in [-0.2, 0) is 16.8 Å². The first-order valence-corrected chi connectivity index (χ1v) is 11.6. The van der Waals surface area contributed by atoms with Gasteiger partial charge in [0.05, 0.1) is 5.41 Å². The molecular weight excluding hydrogens is 368 g/mol. The van der Waals surface area contributed by atoms with Crippen molar-refractivity contribution in [1.29, 1.82) is 0 Å². The third kappa shape index (κ3) is 2.03. The fourth-order valence-electron chi connectivity index (χ4n) is 8.48. The smallest absolute Gasteiger partial charge is 0.229 e. The number of benzene rings is 2. The minimum Gasteiger partial charge on any atom is -0.344 e. The molecule has 0 saturated heterocycles. The molecule has 0 aliphatic heterocycles. The molecule has 1 amide bonds. The Morgan fingerprint density at radius 3 is 2.27 bits per heavy atom. The largest absolute Gasteiger partial charge is 0.344 e. The third-order valence-electron chi connectivity index (χ3n) is 9.43. The predicted octanol–water partition coefficient (Wildman–Crippen LogP) is 4.33. The highest BCUT2D eigenvalue weighted by atomic mass is 16.2. The highest BCUT2D eigenvalue weighted by Crippen LogP contribution is 2.97. The molecule has 4 saturated carbocycles. The number of carbonyl (C=O) groups is 1. The minimum atomic E-state index is -0.0541. The molecular formula is C27H32N2O. The molecule has 4 fully saturated rings. The van der Waals surface area contributed by atoms with E-state index < -0.39 is 0 Å². The summed E-state index contributed by atoms with van der Waals surface area (Å²) in [6.07, 6.45) is 4.90. The highest BCUT2D eigenvalue weighted by molar-refractivity contribution is 5.89. The van der Waals surface area contributed by atoms with Gasteiger partial charge in [0, 0.05) is 37.5 Å². The molecule has 4 aliphatic carbocycles. The molecule has 3 nitrogen and oxygen atoms in total. The van der Waals surface area contributed by atoms with E-state index in [2.05, 4.69) is 77.5 Å². The van der Waals surface area contributed by atoms with E-state index in [0.29, 0.717) is 16.7 Å². The maximum absolute atomic E-state index is 13.7. The van der Waals surface area contributed by atoms with Crippen molar-refractivity contribution in [2.45, 2.75) is 37.6 Å². The fraction of sp³-hybridized carbons (Fsp3) is 0.519. The number of nitrogens with zero attached hydrogens (tertiary/aromatic N) is 2. The van der Waals surface area contributed by atoms with Crippen LogP contribution >= 0.6 is 0 Å².